The van der Waals surface area contributed by atoms with E-state index in [9.17, 15) is 13.0 Å². The highest BCUT2D eigenvalue weighted by Gasteiger charge is 2.31. The summed E-state index contributed by atoms with van der Waals surface area (Å²) < 4.78 is 32.2. The fourth-order valence-electron chi connectivity index (χ4n) is 2.47. The molecule has 0 bridgehead atoms. The molecular weight excluding hydrogens is 264 g/mol. The Bertz CT molecular complexity index is 816. The zero-order valence-electron chi connectivity index (χ0n) is 10.4. The van der Waals surface area contributed by atoms with Gasteiger partial charge in [-0.05, 0) is 19.4 Å². The summed E-state index contributed by atoms with van der Waals surface area (Å²) in [6.45, 7) is 3.23. The molecule has 1 aliphatic rings. The van der Waals surface area contributed by atoms with Gasteiger partial charge in [0.1, 0.15) is 5.69 Å². The standard InChI is InChI=1S/C13H12N2O3S/c1-7-11-12(8(2)19(16,17)18)9-5-3-4-6-10(9)13(11)15-14-7/h3-6H,1-2H3,(H,14,15)(H,16,17,18). The third kappa shape index (κ3) is 1.64. The Kier molecular flexibility index (Phi) is 2.42. The van der Waals surface area contributed by atoms with Crippen LogP contribution in [0.15, 0.2) is 29.2 Å². The number of hydrogen-bond donors (Lipinski definition) is 2. The van der Waals surface area contributed by atoms with E-state index in [4.69, 9.17) is 0 Å². The van der Waals surface area contributed by atoms with Crippen molar-refractivity contribution in [2.45, 2.75) is 13.8 Å². The molecule has 0 radical (unpaired) electrons. The van der Waals surface area contributed by atoms with Crippen molar-refractivity contribution in [2.75, 3.05) is 0 Å². The normalized spacial score (nSPS) is 16.2. The van der Waals surface area contributed by atoms with Crippen LogP contribution < -0.4 is 0 Å². The molecule has 19 heavy (non-hydrogen) atoms. The lowest BCUT2D eigenvalue weighted by Gasteiger charge is -2.06. The smallest absolute Gasteiger partial charge is 0.282 e. The van der Waals surface area contributed by atoms with Crippen LogP contribution in [0.5, 0.6) is 0 Å². The van der Waals surface area contributed by atoms with E-state index in [0.29, 0.717) is 5.57 Å². The third-order valence-corrected chi connectivity index (χ3v) is 4.37. The average molecular weight is 276 g/mol. The molecule has 0 fully saturated rings. The Hall–Kier alpha value is -1.92. The van der Waals surface area contributed by atoms with Gasteiger partial charge in [-0.3, -0.25) is 9.65 Å². The molecule has 0 saturated carbocycles. The summed E-state index contributed by atoms with van der Waals surface area (Å²) in [5.74, 6) is 0. The quantitative estimate of drug-likeness (QED) is 0.668. The van der Waals surface area contributed by atoms with Crippen molar-refractivity contribution in [3.05, 3.63) is 46.0 Å². The molecule has 2 aromatic rings. The summed E-state index contributed by atoms with van der Waals surface area (Å²) in [6.07, 6.45) is 0. The van der Waals surface area contributed by atoms with Gasteiger partial charge in [0.05, 0.1) is 4.91 Å². The van der Waals surface area contributed by atoms with Crippen molar-refractivity contribution in [1.82, 2.24) is 10.2 Å². The molecule has 6 heteroatoms. The van der Waals surface area contributed by atoms with Gasteiger partial charge in [0.15, 0.2) is 0 Å². The van der Waals surface area contributed by atoms with E-state index < -0.39 is 10.1 Å². The van der Waals surface area contributed by atoms with E-state index in [2.05, 4.69) is 10.2 Å². The summed E-state index contributed by atoms with van der Waals surface area (Å²) in [4.78, 5) is -0.0526. The van der Waals surface area contributed by atoms with Crippen LogP contribution in [0.2, 0.25) is 0 Å². The van der Waals surface area contributed by atoms with E-state index in [1.807, 2.05) is 31.2 Å². The second-order valence-corrected chi connectivity index (χ2v) is 6.09. The highest BCUT2D eigenvalue weighted by Crippen LogP contribution is 2.46. The maximum absolute atomic E-state index is 11.4. The first-order valence-corrected chi connectivity index (χ1v) is 7.18. The molecule has 0 unspecified atom stereocenters. The van der Waals surface area contributed by atoms with Gasteiger partial charge in [0.25, 0.3) is 10.1 Å². The Morgan fingerprint density at radius 1 is 1.26 bits per heavy atom. The van der Waals surface area contributed by atoms with Crippen LogP contribution in [0.3, 0.4) is 0 Å². The Balaban J connectivity index is 2.47. The molecule has 0 aliphatic heterocycles. The molecule has 1 aromatic carbocycles. The van der Waals surface area contributed by atoms with Gasteiger partial charge in [-0.15, -0.1) is 0 Å². The number of hydrogen-bond acceptors (Lipinski definition) is 3. The molecule has 1 aromatic heterocycles. The topological polar surface area (TPSA) is 83.0 Å². The van der Waals surface area contributed by atoms with E-state index in [1.165, 1.54) is 6.92 Å². The predicted molar refractivity (Wildman–Crippen MR) is 72.0 cm³/mol. The monoisotopic (exact) mass is 276 g/mol. The predicted octanol–water partition coefficient (Wildman–Crippen LogP) is 2.37. The van der Waals surface area contributed by atoms with Gasteiger partial charge in [-0.2, -0.15) is 13.5 Å². The number of nitrogens with one attached hydrogen (secondary N) is 1. The minimum Gasteiger partial charge on any atom is -0.282 e. The number of rotatable bonds is 1. The maximum Gasteiger partial charge on any atom is 0.290 e. The highest BCUT2D eigenvalue weighted by atomic mass is 32.2. The number of aromatic nitrogens is 2. The zero-order valence-corrected chi connectivity index (χ0v) is 11.2. The SMILES string of the molecule is CC(=C1c2ccccc2-c2n[nH]c(C)c21)S(=O)(=O)O. The van der Waals surface area contributed by atoms with Crippen LogP contribution in [-0.2, 0) is 10.1 Å². The second-order valence-electron chi connectivity index (χ2n) is 4.52. The molecule has 1 heterocycles. The molecule has 0 spiro atoms. The molecule has 0 amide bonds. The van der Waals surface area contributed by atoms with E-state index >= 15 is 0 Å². The fraction of sp³-hybridized carbons (Fsp3) is 0.154. The van der Waals surface area contributed by atoms with Crippen molar-refractivity contribution < 1.29 is 13.0 Å². The Morgan fingerprint density at radius 3 is 2.53 bits per heavy atom. The van der Waals surface area contributed by atoms with Crippen molar-refractivity contribution in [1.29, 1.82) is 0 Å². The second kappa shape index (κ2) is 3.79. The lowest BCUT2D eigenvalue weighted by atomic mass is 10.0. The van der Waals surface area contributed by atoms with Crippen LogP contribution in [-0.4, -0.2) is 23.2 Å². The van der Waals surface area contributed by atoms with Crippen molar-refractivity contribution in [3.63, 3.8) is 0 Å². The molecule has 1 aliphatic carbocycles. The molecule has 98 valence electrons. The summed E-state index contributed by atoms with van der Waals surface area (Å²) in [5.41, 5.74) is 4.44. The lowest BCUT2D eigenvalue weighted by molar-refractivity contribution is 0.491. The largest absolute Gasteiger partial charge is 0.290 e. The Labute approximate surface area is 110 Å². The van der Waals surface area contributed by atoms with Crippen molar-refractivity contribution in [2.24, 2.45) is 0 Å². The van der Waals surface area contributed by atoms with Crippen LogP contribution >= 0.6 is 0 Å². The molecule has 2 N–H and O–H groups in total. The zero-order chi connectivity index (χ0) is 13.8. The summed E-state index contributed by atoms with van der Waals surface area (Å²) in [5, 5.41) is 7.07. The fourth-order valence-corrected chi connectivity index (χ4v) is 2.94. The summed E-state index contributed by atoms with van der Waals surface area (Å²) in [6, 6.07) is 7.43. The van der Waals surface area contributed by atoms with Gasteiger partial charge >= 0.3 is 0 Å². The summed E-state index contributed by atoms with van der Waals surface area (Å²) >= 11 is 0. The molecule has 3 rings (SSSR count). The first kappa shape index (κ1) is 12.1. The highest BCUT2D eigenvalue weighted by molar-refractivity contribution is 7.90. The molecule has 0 saturated heterocycles. The Morgan fingerprint density at radius 2 is 1.89 bits per heavy atom. The van der Waals surface area contributed by atoms with Crippen LogP contribution in [0.4, 0.5) is 0 Å². The molecule has 0 atom stereocenters. The number of aromatic amines is 1. The van der Waals surface area contributed by atoms with E-state index in [-0.39, 0.29) is 4.91 Å². The number of fused-ring (bicyclic) bond motifs is 3. The maximum atomic E-state index is 11.4. The van der Waals surface area contributed by atoms with Crippen molar-refractivity contribution >= 4 is 15.7 Å². The summed E-state index contributed by atoms with van der Waals surface area (Å²) in [7, 11) is -4.23. The first-order chi connectivity index (χ1) is 8.91. The number of H-pyrrole nitrogens is 1. The van der Waals surface area contributed by atoms with Crippen LogP contribution in [0.25, 0.3) is 16.8 Å². The third-order valence-electron chi connectivity index (χ3n) is 3.39. The number of aryl methyl sites for hydroxylation is 1. The van der Waals surface area contributed by atoms with Gasteiger partial charge < -0.3 is 0 Å². The number of benzene rings is 1. The van der Waals surface area contributed by atoms with E-state index in [1.54, 1.807) is 0 Å². The minimum absolute atomic E-state index is 0.0526. The lowest BCUT2D eigenvalue weighted by Crippen LogP contribution is -2.02. The van der Waals surface area contributed by atoms with Gasteiger partial charge in [0, 0.05) is 22.4 Å². The van der Waals surface area contributed by atoms with Crippen LogP contribution in [0, 0.1) is 6.92 Å². The first-order valence-electron chi connectivity index (χ1n) is 5.74. The van der Waals surface area contributed by atoms with Crippen molar-refractivity contribution in [3.8, 4) is 11.3 Å². The number of allylic oxidation sites excluding steroid dienone is 1. The minimum atomic E-state index is -4.23. The van der Waals surface area contributed by atoms with Gasteiger partial charge in [0.2, 0.25) is 0 Å². The van der Waals surface area contributed by atoms with Gasteiger partial charge in [-0.1, -0.05) is 24.3 Å². The van der Waals surface area contributed by atoms with Crippen LogP contribution in [0.1, 0.15) is 23.7 Å². The molecule has 5 nitrogen and oxygen atoms in total. The molecular formula is C13H12N2O3S. The van der Waals surface area contributed by atoms with E-state index in [0.717, 1.165) is 28.1 Å². The number of nitrogens with zero attached hydrogens (tertiary/aromatic N) is 1. The van der Waals surface area contributed by atoms with Gasteiger partial charge in [-0.25, -0.2) is 0 Å². The average Bonchev–Trinajstić information content (AvgIpc) is 2.86.